The largest absolute Gasteiger partial charge is 0.264 e. The van der Waals surface area contributed by atoms with Crippen LogP contribution in [0.15, 0.2) is 47.7 Å². The van der Waals surface area contributed by atoms with Crippen LogP contribution in [0.5, 0.6) is 0 Å². The zero-order valence-electron chi connectivity index (χ0n) is 7.42. The summed E-state index contributed by atoms with van der Waals surface area (Å²) >= 11 is 0. The van der Waals surface area contributed by atoms with Gasteiger partial charge in [0.25, 0.3) is 0 Å². The van der Waals surface area contributed by atoms with Gasteiger partial charge in [-0.3, -0.25) is 4.84 Å². The molecule has 14 heavy (non-hydrogen) atoms. The molecule has 2 heterocycles. The van der Waals surface area contributed by atoms with Crippen molar-refractivity contribution < 1.29 is 4.84 Å². The molecule has 0 bridgehead atoms. The lowest BCUT2D eigenvalue weighted by Gasteiger charge is -2.17. The van der Waals surface area contributed by atoms with Gasteiger partial charge in [-0.1, -0.05) is 18.2 Å². The number of nitrogens with zero attached hydrogens (tertiary/aromatic N) is 2. The van der Waals surface area contributed by atoms with Crippen LogP contribution in [-0.2, 0) is 4.84 Å². The number of hydrogen-bond acceptors (Lipinski definition) is 4. The van der Waals surface area contributed by atoms with E-state index in [4.69, 9.17) is 4.84 Å². The molecule has 1 spiro atoms. The van der Waals surface area contributed by atoms with E-state index in [0.717, 1.165) is 5.69 Å². The Morgan fingerprint density at radius 3 is 2.64 bits per heavy atom. The smallest absolute Gasteiger partial charge is 0.219 e. The van der Waals surface area contributed by atoms with E-state index in [-0.39, 0.29) is 0 Å². The maximum absolute atomic E-state index is 5.01. The number of hydroxylamine groups is 1. The second kappa shape index (κ2) is 2.67. The first-order chi connectivity index (χ1) is 6.88. The van der Waals surface area contributed by atoms with E-state index in [1.165, 1.54) is 0 Å². The Morgan fingerprint density at radius 2 is 2.07 bits per heavy atom. The third-order valence-electron chi connectivity index (χ3n) is 2.20. The molecule has 3 rings (SSSR count). The molecular weight excluding hydrogens is 178 g/mol. The van der Waals surface area contributed by atoms with Gasteiger partial charge in [-0.15, -0.1) is 0 Å². The highest BCUT2D eigenvalue weighted by molar-refractivity contribution is 5.77. The number of para-hydroxylation sites is 1. The molecule has 4 heteroatoms. The summed E-state index contributed by atoms with van der Waals surface area (Å²) in [7, 11) is 0. The first-order valence-electron chi connectivity index (χ1n) is 4.42. The number of hydrogen-bond donors (Lipinski definition) is 1. The fraction of sp³-hybridized carbons (Fsp3) is 0.100. The van der Waals surface area contributed by atoms with E-state index in [2.05, 4.69) is 10.6 Å². The Hall–Kier alpha value is -1.65. The third kappa shape index (κ3) is 1.21. The standard InChI is InChI=1S/C10H9N3O/c1-2-4-9(5-3-1)13-7-6-10(8-11-13)12-14-10/h1-8,12H. The quantitative estimate of drug-likeness (QED) is 0.673. The highest BCUT2D eigenvalue weighted by atomic mass is 16.8. The molecule has 2 aliphatic heterocycles. The lowest BCUT2D eigenvalue weighted by Crippen LogP contribution is -2.23. The maximum Gasteiger partial charge on any atom is 0.219 e. The topological polar surface area (TPSA) is 50.1 Å². The van der Waals surface area contributed by atoms with Gasteiger partial charge in [-0.2, -0.15) is 10.6 Å². The van der Waals surface area contributed by atoms with Gasteiger partial charge >= 0.3 is 0 Å². The monoisotopic (exact) mass is 187 g/mol. The molecule has 1 atom stereocenters. The molecule has 0 radical (unpaired) electrons. The van der Waals surface area contributed by atoms with Crippen molar-refractivity contribution in [1.29, 1.82) is 0 Å². The van der Waals surface area contributed by atoms with Crippen LogP contribution in [0.2, 0.25) is 0 Å². The molecule has 1 fully saturated rings. The van der Waals surface area contributed by atoms with E-state index in [1.54, 1.807) is 11.2 Å². The van der Waals surface area contributed by atoms with Gasteiger partial charge in [0, 0.05) is 6.20 Å². The highest BCUT2D eigenvalue weighted by Crippen LogP contribution is 2.24. The van der Waals surface area contributed by atoms with Gasteiger partial charge in [-0.05, 0) is 18.2 Å². The van der Waals surface area contributed by atoms with E-state index in [0.29, 0.717) is 0 Å². The van der Waals surface area contributed by atoms with Crippen LogP contribution in [0.25, 0.3) is 0 Å². The lowest BCUT2D eigenvalue weighted by atomic mass is 10.2. The van der Waals surface area contributed by atoms with E-state index in [1.807, 2.05) is 42.6 Å². The van der Waals surface area contributed by atoms with Crippen molar-refractivity contribution in [2.75, 3.05) is 5.01 Å². The van der Waals surface area contributed by atoms with Gasteiger partial charge < -0.3 is 0 Å². The Kier molecular flexibility index (Phi) is 1.47. The molecule has 4 nitrogen and oxygen atoms in total. The summed E-state index contributed by atoms with van der Waals surface area (Å²) in [6.45, 7) is 0. The number of nitrogens with one attached hydrogen (secondary N) is 1. The summed E-state index contributed by atoms with van der Waals surface area (Å²) in [4.78, 5) is 5.01. The molecule has 1 saturated heterocycles. The molecular formula is C10H9N3O. The number of benzene rings is 1. The molecule has 0 saturated carbocycles. The number of anilines is 1. The second-order valence-electron chi connectivity index (χ2n) is 3.24. The van der Waals surface area contributed by atoms with E-state index < -0.39 is 5.72 Å². The number of rotatable bonds is 1. The minimum Gasteiger partial charge on any atom is -0.264 e. The molecule has 1 aromatic rings. The Bertz CT molecular complexity index is 379. The average molecular weight is 187 g/mol. The second-order valence-corrected chi connectivity index (χ2v) is 3.24. The van der Waals surface area contributed by atoms with E-state index >= 15 is 0 Å². The molecule has 1 aromatic carbocycles. The molecule has 1 N–H and O–H groups in total. The summed E-state index contributed by atoms with van der Waals surface area (Å²) in [5.74, 6) is 0. The SMILES string of the molecule is C1=CC2(C=NN1c1ccccc1)NO2. The van der Waals surface area contributed by atoms with Crippen molar-refractivity contribution >= 4 is 11.9 Å². The van der Waals surface area contributed by atoms with Gasteiger partial charge in [0.2, 0.25) is 5.72 Å². The van der Waals surface area contributed by atoms with Gasteiger partial charge in [0.05, 0.1) is 11.9 Å². The van der Waals surface area contributed by atoms with Gasteiger partial charge in [0.15, 0.2) is 0 Å². The minimum atomic E-state index is -0.425. The predicted octanol–water partition coefficient (Wildman–Crippen LogP) is 1.24. The molecule has 0 aromatic heterocycles. The first kappa shape index (κ1) is 7.73. The summed E-state index contributed by atoms with van der Waals surface area (Å²) < 4.78 is 0. The average Bonchev–Trinajstić information content (AvgIpc) is 3.01. The zero-order valence-corrected chi connectivity index (χ0v) is 7.42. The van der Waals surface area contributed by atoms with Crippen LogP contribution in [0, 0.1) is 0 Å². The predicted molar refractivity (Wildman–Crippen MR) is 53.5 cm³/mol. The van der Waals surface area contributed by atoms with Crippen molar-refractivity contribution in [2.24, 2.45) is 5.10 Å². The summed E-state index contributed by atoms with van der Waals surface area (Å²) in [6, 6.07) is 9.94. The Labute approximate surface area is 81.4 Å². The zero-order chi connectivity index (χ0) is 9.43. The van der Waals surface area contributed by atoms with Crippen LogP contribution in [0.4, 0.5) is 5.69 Å². The summed E-state index contributed by atoms with van der Waals surface area (Å²) in [5, 5.41) is 6.05. The van der Waals surface area contributed by atoms with Crippen molar-refractivity contribution in [3.05, 3.63) is 42.6 Å². The van der Waals surface area contributed by atoms with Gasteiger partial charge in [-0.25, -0.2) is 5.01 Å². The Balaban J connectivity index is 1.86. The highest BCUT2D eigenvalue weighted by Gasteiger charge is 2.42. The van der Waals surface area contributed by atoms with Crippen LogP contribution in [0.1, 0.15) is 0 Å². The van der Waals surface area contributed by atoms with E-state index in [9.17, 15) is 0 Å². The molecule has 0 amide bonds. The minimum absolute atomic E-state index is 0.425. The number of hydrazone groups is 1. The maximum atomic E-state index is 5.01. The lowest BCUT2D eigenvalue weighted by molar-refractivity contribution is 0.369. The van der Waals surface area contributed by atoms with Gasteiger partial charge in [0.1, 0.15) is 0 Å². The first-order valence-corrected chi connectivity index (χ1v) is 4.42. The fourth-order valence-electron chi connectivity index (χ4n) is 1.32. The summed E-state index contributed by atoms with van der Waals surface area (Å²) in [6.07, 6.45) is 5.54. The fourth-order valence-corrected chi connectivity index (χ4v) is 1.32. The Morgan fingerprint density at radius 1 is 1.29 bits per heavy atom. The van der Waals surface area contributed by atoms with Crippen molar-refractivity contribution in [1.82, 2.24) is 5.48 Å². The molecule has 1 unspecified atom stereocenters. The van der Waals surface area contributed by atoms with Crippen LogP contribution >= 0.6 is 0 Å². The molecule has 0 aliphatic carbocycles. The third-order valence-corrected chi connectivity index (χ3v) is 2.20. The molecule has 2 aliphatic rings. The van der Waals surface area contributed by atoms with Crippen LogP contribution < -0.4 is 10.5 Å². The van der Waals surface area contributed by atoms with Crippen molar-refractivity contribution in [3.8, 4) is 0 Å². The molecule has 70 valence electrons. The van der Waals surface area contributed by atoms with Crippen molar-refractivity contribution in [2.45, 2.75) is 5.72 Å². The summed E-state index contributed by atoms with van der Waals surface area (Å²) in [5.41, 5.74) is 3.37. The van der Waals surface area contributed by atoms with Crippen LogP contribution in [0.3, 0.4) is 0 Å². The normalized spacial score (nSPS) is 28.4. The van der Waals surface area contributed by atoms with Crippen molar-refractivity contribution in [3.63, 3.8) is 0 Å². The van der Waals surface area contributed by atoms with Crippen LogP contribution in [-0.4, -0.2) is 11.9 Å².